The van der Waals surface area contributed by atoms with Gasteiger partial charge in [0.25, 0.3) is 0 Å². The van der Waals surface area contributed by atoms with E-state index in [4.69, 9.17) is 9.84 Å². The molecule has 0 aliphatic heterocycles. The van der Waals surface area contributed by atoms with Crippen LogP contribution in [-0.2, 0) is 0 Å². The first-order chi connectivity index (χ1) is 11.8. The van der Waals surface area contributed by atoms with Gasteiger partial charge in [-0.3, -0.25) is 0 Å². The summed E-state index contributed by atoms with van der Waals surface area (Å²) in [6.07, 6.45) is 0. The molecule has 4 aromatic carbocycles. The molecule has 1 N–H and O–H groups in total. The molecule has 0 saturated heterocycles. The molecule has 2 heteroatoms. The smallest absolute Gasteiger partial charge is 0.119 e. The van der Waals surface area contributed by atoms with Crippen LogP contribution < -0.4 is 4.74 Å². The summed E-state index contributed by atoms with van der Waals surface area (Å²) in [5.41, 5.74) is 2.52. The van der Waals surface area contributed by atoms with Crippen molar-refractivity contribution in [3.63, 3.8) is 0 Å². The summed E-state index contributed by atoms with van der Waals surface area (Å²) in [6.45, 7) is 0. The Balaban J connectivity index is 0.000000815. The zero-order chi connectivity index (χ0) is 16.9. The summed E-state index contributed by atoms with van der Waals surface area (Å²) < 4.78 is 5.29. The Morgan fingerprint density at radius 1 is 0.667 bits per heavy atom. The van der Waals surface area contributed by atoms with E-state index in [-0.39, 0.29) is 0 Å². The lowest BCUT2D eigenvalue weighted by Gasteiger charge is -2.09. The van der Waals surface area contributed by atoms with E-state index in [1.807, 2.05) is 6.07 Å². The Morgan fingerprint density at radius 3 is 2.21 bits per heavy atom. The van der Waals surface area contributed by atoms with Gasteiger partial charge in [-0.15, -0.1) is 0 Å². The van der Waals surface area contributed by atoms with Crippen molar-refractivity contribution < 1.29 is 9.84 Å². The van der Waals surface area contributed by atoms with Crippen LogP contribution in [0, 0.1) is 0 Å². The van der Waals surface area contributed by atoms with Gasteiger partial charge in [-0.1, -0.05) is 60.7 Å². The standard InChI is InChI=1S/C21H16O.CH4O/c1-22-19-12-11-16-13-18(10-9-17(16)14-19)21-8-4-6-15-5-2-3-7-20(15)21;1-2/h2-14H,1H3;2H,1H3. The Bertz CT molecular complexity index is 968. The molecule has 0 aromatic heterocycles. The molecular weight excluding hydrogens is 296 g/mol. The minimum Gasteiger partial charge on any atom is -0.497 e. The van der Waals surface area contributed by atoms with Crippen LogP contribution in [0.3, 0.4) is 0 Å². The van der Waals surface area contributed by atoms with Gasteiger partial charge in [-0.25, -0.2) is 0 Å². The van der Waals surface area contributed by atoms with Gasteiger partial charge in [-0.2, -0.15) is 0 Å². The fourth-order valence-electron chi connectivity index (χ4n) is 3.00. The van der Waals surface area contributed by atoms with E-state index >= 15 is 0 Å². The number of aliphatic hydroxyl groups is 1. The number of ether oxygens (including phenoxy) is 1. The first-order valence-corrected chi connectivity index (χ1v) is 7.86. The summed E-state index contributed by atoms with van der Waals surface area (Å²) in [7, 11) is 2.70. The zero-order valence-corrected chi connectivity index (χ0v) is 13.9. The molecule has 4 aromatic rings. The fourth-order valence-corrected chi connectivity index (χ4v) is 3.00. The summed E-state index contributed by atoms with van der Waals surface area (Å²) in [5, 5.41) is 12.0. The van der Waals surface area contributed by atoms with Crippen molar-refractivity contribution in [3.05, 3.63) is 78.9 Å². The van der Waals surface area contributed by atoms with E-state index in [1.54, 1.807) is 7.11 Å². The fraction of sp³-hybridized carbons (Fsp3) is 0.0909. The summed E-state index contributed by atoms with van der Waals surface area (Å²) in [6, 6.07) is 27.8. The lowest BCUT2D eigenvalue weighted by molar-refractivity contribution is 0.399. The highest BCUT2D eigenvalue weighted by Crippen LogP contribution is 2.31. The van der Waals surface area contributed by atoms with Crippen LogP contribution in [0.1, 0.15) is 0 Å². The van der Waals surface area contributed by atoms with Crippen molar-refractivity contribution in [1.29, 1.82) is 0 Å². The maximum Gasteiger partial charge on any atom is 0.119 e. The molecule has 0 atom stereocenters. The SMILES string of the molecule is CO.COc1ccc2cc(-c3cccc4ccccc34)ccc2c1. The number of hydrogen-bond donors (Lipinski definition) is 1. The quantitative estimate of drug-likeness (QED) is 0.545. The second-order valence-electron chi connectivity index (χ2n) is 5.45. The third-order valence-electron chi connectivity index (χ3n) is 4.15. The zero-order valence-electron chi connectivity index (χ0n) is 13.9. The molecule has 0 spiro atoms. The van der Waals surface area contributed by atoms with Gasteiger partial charge in [0.2, 0.25) is 0 Å². The first-order valence-electron chi connectivity index (χ1n) is 7.86. The minimum absolute atomic E-state index is 0.894. The second-order valence-corrected chi connectivity index (χ2v) is 5.45. The summed E-state index contributed by atoms with van der Waals surface area (Å²) >= 11 is 0. The highest BCUT2D eigenvalue weighted by Gasteiger charge is 2.05. The number of fused-ring (bicyclic) bond motifs is 2. The molecule has 0 fully saturated rings. The number of aliphatic hydroxyl groups excluding tert-OH is 1. The van der Waals surface area contributed by atoms with E-state index in [0.29, 0.717) is 0 Å². The highest BCUT2D eigenvalue weighted by molar-refractivity contribution is 5.99. The molecule has 0 aliphatic carbocycles. The first kappa shape index (κ1) is 16.0. The predicted octanol–water partition coefficient (Wildman–Crippen LogP) is 5.28. The Labute approximate surface area is 141 Å². The van der Waals surface area contributed by atoms with Crippen molar-refractivity contribution in [2.24, 2.45) is 0 Å². The van der Waals surface area contributed by atoms with Crippen molar-refractivity contribution >= 4 is 21.5 Å². The normalized spacial score (nSPS) is 10.3. The number of benzene rings is 4. The second kappa shape index (κ2) is 7.16. The Kier molecular flexibility index (Phi) is 4.78. The van der Waals surface area contributed by atoms with Crippen LogP contribution in [0.25, 0.3) is 32.7 Å². The highest BCUT2D eigenvalue weighted by atomic mass is 16.5. The van der Waals surface area contributed by atoms with Gasteiger partial charge in [0.05, 0.1) is 7.11 Å². The number of rotatable bonds is 2. The molecule has 0 bridgehead atoms. The summed E-state index contributed by atoms with van der Waals surface area (Å²) in [5.74, 6) is 0.894. The van der Waals surface area contributed by atoms with E-state index in [1.165, 1.54) is 32.7 Å². The van der Waals surface area contributed by atoms with Gasteiger partial charge in [0.15, 0.2) is 0 Å². The van der Waals surface area contributed by atoms with Gasteiger partial charge >= 0.3 is 0 Å². The van der Waals surface area contributed by atoms with E-state index in [0.717, 1.165) is 12.9 Å². The van der Waals surface area contributed by atoms with E-state index < -0.39 is 0 Å². The number of methoxy groups -OCH3 is 1. The van der Waals surface area contributed by atoms with E-state index in [2.05, 4.69) is 72.8 Å². The largest absolute Gasteiger partial charge is 0.497 e. The van der Waals surface area contributed by atoms with Gasteiger partial charge in [-0.05, 0) is 50.9 Å². The number of hydrogen-bond acceptors (Lipinski definition) is 2. The monoisotopic (exact) mass is 316 g/mol. The van der Waals surface area contributed by atoms with Crippen molar-refractivity contribution in [3.8, 4) is 16.9 Å². The van der Waals surface area contributed by atoms with Crippen LogP contribution in [0.4, 0.5) is 0 Å². The molecule has 0 heterocycles. The molecule has 4 rings (SSSR count). The van der Waals surface area contributed by atoms with Crippen LogP contribution in [0.2, 0.25) is 0 Å². The molecule has 0 aliphatic rings. The van der Waals surface area contributed by atoms with Crippen molar-refractivity contribution in [1.82, 2.24) is 0 Å². The van der Waals surface area contributed by atoms with Crippen LogP contribution >= 0.6 is 0 Å². The minimum atomic E-state index is 0.894. The third-order valence-corrected chi connectivity index (χ3v) is 4.15. The van der Waals surface area contributed by atoms with Gasteiger partial charge < -0.3 is 9.84 Å². The van der Waals surface area contributed by atoms with E-state index in [9.17, 15) is 0 Å². The molecular formula is C22H20O2. The molecule has 0 saturated carbocycles. The van der Waals surface area contributed by atoms with Crippen LogP contribution in [0.15, 0.2) is 78.9 Å². The molecule has 2 nitrogen and oxygen atoms in total. The molecule has 0 radical (unpaired) electrons. The predicted molar refractivity (Wildman–Crippen MR) is 102 cm³/mol. The maximum atomic E-state index is 7.00. The average Bonchev–Trinajstić information content (AvgIpc) is 2.68. The van der Waals surface area contributed by atoms with Crippen molar-refractivity contribution in [2.75, 3.05) is 14.2 Å². The van der Waals surface area contributed by atoms with Gasteiger partial charge in [0.1, 0.15) is 5.75 Å². The molecule has 0 amide bonds. The summed E-state index contributed by atoms with van der Waals surface area (Å²) in [4.78, 5) is 0. The third kappa shape index (κ3) is 2.97. The Hall–Kier alpha value is -2.84. The van der Waals surface area contributed by atoms with Crippen molar-refractivity contribution in [2.45, 2.75) is 0 Å². The maximum absolute atomic E-state index is 7.00. The lowest BCUT2D eigenvalue weighted by atomic mass is 9.96. The molecule has 120 valence electrons. The van der Waals surface area contributed by atoms with Crippen LogP contribution in [0.5, 0.6) is 5.75 Å². The Morgan fingerprint density at radius 2 is 1.38 bits per heavy atom. The molecule has 0 unspecified atom stereocenters. The van der Waals surface area contributed by atoms with Gasteiger partial charge in [0, 0.05) is 7.11 Å². The topological polar surface area (TPSA) is 29.5 Å². The van der Waals surface area contributed by atoms with Crippen LogP contribution in [-0.4, -0.2) is 19.3 Å². The molecule has 24 heavy (non-hydrogen) atoms. The average molecular weight is 316 g/mol. The lowest BCUT2D eigenvalue weighted by Crippen LogP contribution is -1.84.